The zero-order valence-corrected chi connectivity index (χ0v) is 14.1. The molecule has 0 aromatic heterocycles. The van der Waals surface area contributed by atoms with Gasteiger partial charge in [-0.1, -0.05) is 36.4 Å². The quantitative estimate of drug-likeness (QED) is 0.810. The van der Waals surface area contributed by atoms with Crippen LogP contribution in [-0.4, -0.2) is 27.5 Å². The van der Waals surface area contributed by atoms with Gasteiger partial charge in [0.1, 0.15) is 11.9 Å². The highest BCUT2D eigenvalue weighted by atomic mass is 32.2. The van der Waals surface area contributed by atoms with Crippen molar-refractivity contribution in [2.24, 2.45) is 0 Å². The summed E-state index contributed by atoms with van der Waals surface area (Å²) in [6.07, 6.45) is 0.126. The Kier molecular flexibility index (Phi) is 5.69. The second kappa shape index (κ2) is 7.55. The normalized spacial score (nSPS) is 12.6. The lowest BCUT2D eigenvalue weighted by Crippen LogP contribution is -2.43. The summed E-state index contributed by atoms with van der Waals surface area (Å²) in [5.74, 6) is -1.38. The number of benzene rings is 2. The second-order valence-electron chi connectivity index (χ2n) is 5.30. The summed E-state index contributed by atoms with van der Waals surface area (Å²) in [6.45, 7) is 1.55. The van der Waals surface area contributed by atoms with E-state index in [4.69, 9.17) is 0 Å². The highest BCUT2D eigenvalue weighted by molar-refractivity contribution is 7.89. The molecule has 24 heavy (non-hydrogen) atoms. The molecule has 0 radical (unpaired) electrons. The first-order chi connectivity index (χ1) is 11.3. The van der Waals surface area contributed by atoms with Crippen LogP contribution in [0.1, 0.15) is 11.1 Å². The van der Waals surface area contributed by atoms with Gasteiger partial charge in [0, 0.05) is 0 Å². The predicted molar refractivity (Wildman–Crippen MR) is 87.4 cm³/mol. The van der Waals surface area contributed by atoms with Crippen molar-refractivity contribution in [1.29, 1.82) is 0 Å². The third-order valence-corrected chi connectivity index (χ3v) is 5.12. The first-order valence-corrected chi connectivity index (χ1v) is 8.72. The first-order valence-electron chi connectivity index (χ1n) is 7.23. The fraction of sp³-hybridized carbons (Fsp3) is 0.235. The van der Waals surface area contributed by atoms with Crippen molar-refractivity contribution in [3.05, 3.63) is 65.5 Å². The van der Waals surface area contributed by atoms with Crippen LogP contribution in [0, 0.1) is 12.7 Å². The van der Waals surface area contributed by atoms with Crippen LogP contribution in [0.2, 0.25) is 0 Å². The van der Waals surface area contributed by atoms with Crippen molar-refractivity contribution in [2.45, 2.75) is 24.3 Å². The Morgan fingerprint density at radius 2 is 1.88 bits per heavy atom. The number of ether oxygens (including phenoxy) is 1. The molecule has 128 valence electrons. The fourth-order valence-corrected chi connectivity index (χ4v) is 3.72. The zero-order valence-electron chi connectivity index (χ0n) is 13.3. The molecule has 2 aromatic carbocycles. The molecule has 2 rings (SSSR count). The van der Waals surface area contributed by atoms with E-state index >= 15 is 0 Å². The van der Waals surface area contributed by atoms with Gasteiger partial charge in [-0.25, -0.2) is 12.8 Å². The molecule has 0 aliphatic carbocycles. The third kappa shape index (κ3) is 4.39. The van der Waals surface area contributed by atoms with Gasteiger partial charge in [0.05, 0.1) is 12.0 Å². The summed E-state index contributed by atoms with van der Waals surface area (Å²) in [5, 5.41) is 0. The summed E-state index contributed by atoms with van der Waals surface area (Å²) in [5.41, 5.74) is 1.15. The monoisotopic (exact) mass is 351 g/mol. The Balaban J connectivity index is 2.31. The molecule has 1 atom stereocenters. The van der Waals surface area contributed by atoms with Crippen molar-refractivity contribution < 1.29 is 22.3 Å². The van der Waals surface area contributed by atoms with E-state index in [1.807, 2.05) is 6.07 Å². The molecule has 2 aromatic rings. The summed E-state index contributed by atoms with van der Waals surface area (Å²) >= 11 is 0. The van der Waals surface area contributed by atoms with E-state index in [2.05, 4.69) is 9.46 Å². The van der Waals surface area contributed by atoms with Crippen LogP contribution in [0.4, 0.5) is 4.39 Å². The molecule has 0 aliphatic rings. The summed E-state index contributed by atoms with van der Waals surface area (Å²) in [4.78, 5) is 11.7. The molecule has 0 saturated carbocycles. The average molecular weight is 351 g/mol. The lowest BCUT2D eigenvalue weighted by Gasteiger charge is -2.17. The van der Waals surface area contributed by atoms with Gasteiger partial charge >= 0.3 is 5.97 Å². The van der Waals surface area contributed by atoms with E-state index in [-0.39, 0.29) is 11.3 Å². The molecule has 0 heterocycles. The molecule has 0 unspecified atom stereocenters. The van der Waals surface area contributed by atoms with Crippen LogP contribution in [-0.2, 0) is 26.0 Å². The maximum Gasteiger partial charge on any atom is 0.324 e. The van der Waals surface area contributed by atoms with Crippen LogP contribution < -0.4 is 4.72 Å². The zero-order chi connectivity index (χ0) is 17.7. The smallest absolute Gasteiger partial charge is 0.324 e. The van der Waals surface area contributed by atoms with E-state index in [1.54, 1.807) is 31.2 Å². The van der Waals surface area contributed by atoms with Crippen LogP contribution in [0.15, 0.2) is 53.4 Å². The van der Waals surface area contributed by atoms with Crippen molar-refractivity contribution in [2.75, 3.05) is 7.11 Å². The summed E-state index contributed by atoms with van der Waals surface area (Å²) in [6, 6.07) is 11.3. The van der Waals surface area contributed by atoms with Gasteiger partial charge in [0.2, 0.25) is 10.0 Å². The Morgan fingerprint density at radius 1 is 1.21 bits per heavy atom. The Bertz CT molecular complexity index is 822. The van der Waals surface area contributed by atoms with Gasteiger partial charge in [0.25, 0.3) is 0 Å². The highest BCUT2D eigenvalue weighted by Gasteiger charge is 2.28. The molecule has 1 N–H and O–H groups in total. The van der Waals surface area contributed by atoms with Crippen molar-refractivity contribution in [3.63, 3.8) is 0 Å². The lowest BCUT2D eigenvalue weighted by molar-refractivity contribution is -0.142. The van der Waals surface area contributed by atoms with Gasteiger partial charge in [-0.05, 0) is 36.6 Å². The largest absolute Gasteiger partial charge is 0.468 e. The molecule has 0 fully saturated rings. The topological polar surface area (TPSA) is 72.5 Å². The van der Waals surface area contributed by atoms with Gasteiger partial charge < -0.3 is 4.74 Å². The van der Waals surface area contributed by atoms with E-state index in [0.717, 1.165) is 11.6 Å². The molecule has 0 aliphatic heterocycles. The third-order valence-electron chi connectivity index (χ3n) is 3.51. The van der Waals surface area contributed by atoms with E-state index < -0.39 is 27.9 Å². The molecule has 7 heteroatoms. The Hall–Kier alpha value is -2.25. The van der Waals surface area contributed by atoms with Crippen LogP contribution in [0.3, 0.4) is 0 Å². The minimum atomic E-state index is -4.08. The predicted octanol–water partition coefficient (Wildman–Crippen LogP) is 2.20. The molecule has 0 spiro atoms. The maximum absolute atomic E-state index is 13.4. The maximum atomic E-state index is 13.4. The van der Waals surface area contributed by atoms with Crippen LogP contribution in [0.5, 0.6) is 0 Å². The van der Waals surface area contributed by atoms with Gasteiger partial charge in [-0.3, -0.25) is 4.79 Å². The lowest BCUT2D eigenvalue weighted by atomic mass is 10.1. The SMILES string of the molecule is COC(=O)[C@@H](Cc1ccccc1)NS(=O)(=O)c1cc(F)ccc1C. The highest BCUT2D eigenvalue weighted by Crippen LogP contribution is 2.17. The number of sulfonamides is 1. The number of esters is 1. The number of rotatable bonds is 6. The fourth-order valence-electron chi connectivity index (χ4n) is 2.28. The van der Waals surface area contributed by atoms with Crippen LogP contribution in [0.25, 0.3) is 0 Å². The van der Waals surface area contributed by atoms with Crippen molar-refractivity contribution >= 4 is 16.0 Å². The summed E-state index contributed by atoms with van der Waals surface area (Å²) in [7, 11) is -2.90. The average Bonchev–Trinajstić information content (AvgIpc) is 2.56. The minimum Gasteiger partial charge on any atom is -0.468 e. The Labute approximate surface area is 140 Å². The molecular weight excluding hydrogens is 333 g/mol. The number of aryl methyl sites for hydroxylation is 1. The number of methoxy groups -OCH3 is 1. The molecule has 0 amide bonds. The second-order valence-corrected chi connectivity index (χ2v) is 6.98. The van der Waals surface area contributed by atoms with E-state index in [1.165, 1.54) is 19.2 Å². The number of halogens is 1. The number of carbonyl (C=O) groups excluding carboxylic acids is 1. The molecule has 0 saturated heterocycles. The number of hydrogen-bond acceptors (Lipinski definition) is 4. The summed E-state index contributed by atoms with van der Waals surface area (Å²) < 4.78 is 45.5. The Morgan fingerprint density at radius 3 is 2.50 bits per heavy atom. The number of carbonyl (C=O) groups is 1. The van der Waals surface area contributed by atoms with E-state index in [0.29, 0.717) is 5.56 Å². The van der Waals surface area contributed by atoms with Gasteiger partial charge in [0.15, 0.2) is 0 Å². The first kappa shape index (κ1) is 18.1. The number of nitrogens with one attached hydrogen (secondary N) is 1. The van der Waals surface area contributed by atoms with Gasteiger partial charge in [-0.15, -0.1) is 0 Å². The molecular formula is C17H18FNO4S. The van der Waals surface area contributed by atoms with Crippen LogP contribution >= 0.6 is 0 Å². The molecule has 5 nitrogen and oxygen atoms in total. The van der Waals surface area contributed by atoms with Crippen molar-refractivity contribution in [1.82, 2.24) is 4.72 Å². The number of hydrogen-bond donors (Lipinski definition) is 1. The van der Waals surface area contributed by atoms with E-state index in [9.17, 15) is 17.6 Å². The molecule has 0 bridgehead atoms. The van der Waals surface area contributed by atoms with Gasteiger partial charge in [-0.2, -0.15) is 4.72 Å². The van der Waals surface area contributed by atoms with Crippen molar-refractivity contribution in [3.8, 4) is 0 Å². The standard InChI is InChI=1S/C17H18FNO4S/c1-12-8-9-14(18)11-16(12)24(21,22)19-15(17(20)23-2)10-13-6-4-3-5-7-13/h3-9,11,15,19H,10H2,1-2H3/t15-/m1/s1. The minimum absolute atomic E-state index is 0.126.